The van der Waals surface area contributed by atoms with E-state index in [0.29, 0.717) is 11.3 Å². The van der Waals surface area contributed by atoms with Crippen molar-refractivity contribution in [1.82, 2.24) is 5.32 Å². The number of carboxylic acids is 1. The van der Waals surface area contributed by atoms with Crippen LogP contribution in [0.5, 0.6) is 0 Å². The molecule has 0 atom stereocenters. The van der Waals surface area contributed by atoms with Crippen molar-refractivity contribution in [3.05, 3.63) is 64.2 Å². The molecule has 23 heavy (non-hydrogen) atoms. The van der Waals surface area contributed by atoms with Crippen LogP contribution in [0.4, 0.5) is 5.69 Å². The van der Waals surface area contributed by atoms with Crippen LogP contribution < -0.4 is 15.7 Å². The van der Waals surface area contributed by atoms with Gasteiger partial charge in [-0.25, -0.2) is 0 Å². The van der Waals surface area contributed by atoms with Gasteiger partial charge in [0.2, 0.25) is 0 Å². The highest BCUT2D eigenvalue weighted by Crippen LogP contribution is 2.20. The largest absolute Gasteiger partial charge is 0.545 e. The van der Waals surface area contributed by atoms with Crippen LogP contribution in [0.15, 0.2) is 42.5 Å². The Kier molecular flexibility index (Phi) is 5.31. The van der Waals surface area contributed by atoms with Gasteiger partial charge in [0.05, 0.1) is 5.97 Å². The van der Waals surface area contributed by atoms with Crippen LogP contribution in [0.1, 0.15) is 26.3 Å². The van der Waals surface area contributed by atoms with Gasteiger partial charge in [-0.05, 0) is 49.5 Å². The zero-order chi connectivity index (χ0) is 17.0. The fraction of sp³-hybridized carbons (Fsp3) is 0.0625. The van der Waals surface area contributed by atoms with E-state index in [4.69, 9.17) is 23.8 Å². The SMILES string of the molecule is Cc1ccc(C(=O)NC(=S)Nc2ccc(Cl)c(C(=O)[O-])c2)cc1. The van der Waals surface area contributed by atoms with Gasteiger partial charge in [0.25, 0.3) is 5.91 Å². The topological polar surface area (TPSA) is 81.3 Å². The van der Waals surface area contributed by atoms with Gasteiger partial charge >= 0.3 is 0 Å². The summed E-state index contributed by atoms with van der Waals surface area (Å²) in [6, 6.07) is 11.2. The number of hydrogen-bond acceptors (Lipinski definition) is 4. The summed E-state index contributed by atoms with van der Waals surface area (Å²) in [6.07, 6.45) is 0. The van der Waals surface area contributed by atoms with E-state index in [0.717, 1.165) is 5.56 Å². The normalized spacial score (nSPS) is 10.0. The maximum Gasteiger partial charge on any atom is 0.257 e. The highest BCUT2D eigenvalue weighted by molar-refractivity contribution is 7.80. The first-order valence-corrected chi connectivity index (χ1v) is 7.35. The first-order chi connectivity index (χ1) is 10.9. The molecule has 2 aromatic rings. The first kappa shape index (κ1) is 16.9. The number of nitrogens with one attached hydrogen (secondary N) is 2. The van der Waals surface area contributed by atoms with Crippen molar-refractivity contribution in [3.63, 3.8) is 0 Å². The summed E-state index contributed by atoms with van der Waals surface area (Å²) < 4.78 is 0. The molecule has 0 aliphatic carbocycles. The molecule has 2 aromatic carbocycles. The Morgan fingerprint density at radius 2 is 1.78 bits per heavy atom. The van der Waals surface area contributed by atoms with E-state index in [-0.39, 0.29) is 21.6 Å². The fourth-order valence-corrected chi connectivity index (χ4v) is 2.21. The van der Waals surface area contributed by atoms with Gasteiger partial charge in [0.1, 0.15) is 0 Å². The van der Waals surface area contributed by atoms with Crippen LogP contribution in [0, 0.1) is 6.92 Å². The summed E-state index contributed by atoms with van der Waals surface area (Å²) in [5.74, 6) is -1.76. The van der Waals surface area contributed by atoms with E-state index >= 15 is 0 Å². The third kappa shape index (κ3) is 4.51. The zero-order valence-corrected chi connectivity index (χ0v) is 13.6. The van der Waals surface area contributed by atoms with E-state index < -0.39 is 5.97 Å². The minimum Gasteiger partial charge on any atom is -0.545 e. The second-order valence-corrected chi connectivity index (χ2v) is 5.57. The number of benzene rings is 2. The lowest BCUT2D eigenvalue weighted by Gasteiger charge is -2.12. The predicted molar refractivity (Wildman–Crippen MR) is 90.6 cm³/mol. The number of carbonyl (C=O) groups is 2. The fourth-order valence-electron chi connectivity index (χ4n) is 1.80. The van der Waals surface area contributed by atoms with E-state index in [2.05, 4.69) is 10.6 Å². The van der Waals surface area contributed by atoms with E-state index in [1.807, 2.05) is 19.1 Å². The quantitative estimate of drug-likeness (QED) is 0.831. The number of carbonyl (C=O) groups excluding carboxylic acids is 2. The number of anilines is 1. The van der Waals surface area contributed by atoms with Crippen LogP contribution in [-0.2, 0) is 0 Å². The smallest absolute Gasteiger partial charge is 0.257 e. The summed E-state index contributed by atoms with van der Waals surface area (Å²) in [5.41, 5.74) is 1.72. The van der Waals surface area contributed by atoms with Crippen molar-refractivity contribution in [1.29, 1.82) is 0 Å². The van der Waals surface area contributed by atoms with Crippen molar-refractivity contribution in [2.24, 2.45) is 0 Å². The zero-order valence-electron chi connectivity index (χ0n) is 12.1. The summed E-state index contributed by atoms with van der Waals surface area (Å²) in [5, 5.41) is 16.3. The molecule has 2 N–H and O–H groups in total. The summed E-state index contributed by atoms with van der Waals surface area (Å²) in [6.45, 7) is 1.92. The molecule has 0 aliphatic rings. The van der Waals surface area contributed by atoms with Crippen LogP contribution in [0.3, 0.4) is 0 Å². The molecule has 0 heterocycles. The molecule has 0 aliphatic heterocycles. The second kappa shape index (κ2) is 7.21. The molecule has 0 fully saturated rings. The molecule has 7 heteroatoms. The van der Waals surface area contributed by atoms with Crippen LogP contribution in [0.25, 0.3) is 0 Å². The van der Waals surface area contributed by atoms with Crippen molar-refractivity contribution >= 4 is 46.5 Å². The Balaban J connectivity index is 2.05. The Hall–Kier alpha value is -2.44. The summed E-state index contributed by atoms with van der Waals surface area (Å²) in [7, 11) is 0. The van der Waals surface area contributed by atoms with E-state index in [9.17, 15) is 14.7 Å². The average Bonchev–Trinajstić information content (AvgIpc) is 2.49. The van der Waals surface area contributed by atoms with Gasteiger partial charge in [-0.2, -0.15) is 0 Å². The van der Waals surface area contributed by atoms with Gasteiger partial charge in [-0.3, -0.25) is 10.1 Å². The van der Waals surface area contributed by atoms with Gasteiger partial charge in [0.15, 0.2) is 5.11 Å². The highest BCUT2D eigenvalue weighted by atomic mass is 35.5. The molecule has 0 spiro atoms. The molecule has 0 radical (unpaired) electrons. The van der Waals surface area contributed by atoms with Crippen LogP contribution in [-0.4, -0.2) is 17.0 Å². The molecule has 0 saturated carbocycles. The van der Waals surface area contributed by atoms with Gasteiger partial charge in [0, 0.05) is 21.8 Å². The van der Waals surface area contributed by atoms with Gasteiger partial charge in [-0.15, -0.1) is 0 Å². The molecule has 5 nitrogen and oxygen atoms in total. The Bertz CT molecular complexity index is 775. The maximum atomic E-state index is 12.0. The molecular weight excluding hydrogens is 336 g/mol. The molecule has 0 saturated heterocycles. The van der Waals surface area contributed by atoms with E-state index in [1.54, 1.807) is 18.2 Å². The third-order valence-corrected chi connectivity index (χ3v) is 3.52. The molecule has 0 bridgehead atoms. The first-order valence-electron chi connectivity index (χ1n) is 6.56. The molecule has 118 valence electrons. The summed E-state index contributed by atoms with van der Waals surface area (Å²) >= 11 is 10.8. The third-order valence-electron chi connectivity index (χ3n) is 2.98. The lowest BCUT2D eigenvalue weighted by Crippen LogP contribution is -2.34. The Labute approximate surface area is 143 Å². The number of halogens is 1. The predicted octanol–water partition coefficient (Wildman–Crippen LogP) is 2.14. The second-order valence-electron chi connectivity index (χ2n) is 4.76. The maximum absolute atomic E-state index is 12.0. The molecule has 0 unspecified atom stereocenters. The Morgan fingerprint density at radius 1 is 1.13 bits per heavy atom. The number of aromatic carboxylic acids is 1. The minimum absolute atomic E-state index is 0.0437. The standard InChI is InChI=1S/C16H13ClN2O3S/c1-9-2-4-10(5-3-9)14(20)19-16(23)18-11-6-7-13(17)12(8-11)15(21)22/h2-8H,1H3,(H,21,22)(H2,18,19,20,23)/p-1. The van der Waals surface area contributed by atoms with Gasteiger partial charge < -0.3 is 15.2 Å². The molecule has 0 aromatic heterocycles. The number of aryl methyl sites for hydroxylation is 1. The van der Waals surface area contributed by atoms with Gasteiger partial charge in [-0.1, -0.05) is 29.3 Å². The number of thiocarbonyl (C=S) groups is 1. The van der Waals surface area contributed by atoms with Crippen molar-refractivity contribution in [2.45, 2.75) is 6.92 Å². The number of hydrogen-bond donors (Lipinski definition) is 2. The minimum atomic E-state index is -1.40. The van der Waals surface area contributed by atoms with Crippen molar-refractivity contribution < 1.29 is 14.7 Å². The lowest BCUT2D eigenvalue weighted by molar-refractivity contribution is -0.255. The summed E-state index contributed by atoms with van der Waals surface area (Å²) in [4.78, 5) is 22.9. The number of rotatable bonds is 3. The average molecular weight is 348 g/mol. The number of amides is 1. The van der Waals surface area contributed by atoms with Crippen LogP contribution in [0.2, 0.25) is 5.02 Å². The van der Waals surface area contributed by atoms with E-state index in [1.165, 1.54) is 12.1 Å². The molecular formula is C16H12ClN2O3S-. The Morgan fingerprint density at radius 3 is 2.39 bits per heavy atom. The monoisotopic (exact) mass is 347 g/mol. The van der Waals surface area contributed by atoms with Crippen molar-refractivity contribution in [2.75, 3.05) is 5.32 Å². The highest BCUT2D eigenvalue weighted by Gasteiger charge is 2.09. The van der Waals surface area contributed by atoms with Crippen LogP contribution >= 0.6 is 23.8 Å². The van der Waals surface area contributed by atoms with Crippen molar-refractivity contribution in [3.8, 4) is 0 Å². The lowest BCUT2D eigenvalue weighted by atomic mass is 10.1. The number of carboxylic acid groups (broad SMARTS) is 1. The molecule has 1 amide bonds. The molecule has 2 rings (SSSR count).